The molecule has 1 atom stereocenters. The smallest absolute Gasteiger partial charge is 0.0754 e. The van der Waals surface area contributed by atoms with E-state index in [9.17, 15) is 0 Å². The molecule has 0 fully saturated rings. The highest BCUT2D eigenvalue weighted by molar-refractivity contribution is 6.18. The molecule has 0 saturated heterocycles. The number of rotatable bonds is 5. The molecule has 0 radical (unpaired) electrons. The van der Waals surface area contributed by atoms with Crippen molar-refractivity contribution in [2.24, 2.45) is 0 Å². The highest BCUT2D eigenvalue weighted by Gasteiger charge is 2.14. The molecule has 0 rings (SSSR count). The zero-order valence-corrected chi connectivity index (χ0v) is 8.86. The van der Waals surface area contributed by atoms with Crippen LogP contribution in [0.3, 0.4) is 0 Å². The molecular weight excluding hydrogens is 183 g/mol. The molecule has 0 aliphatic rings. The minimum Gasteiger partial charge on any atom is -0.293 e. The Balaban J connectivity index is 3.81. The predicted octanol–water partition coefficient (Wildman–Crippen LogP) is 1.28. The molecule has 0 saturated carbocycles. The van der Waals surface area contributed by atoms with Crippen molar-refractivity contribution in [3.63, 3.8) is 0 Å². The molecule has 0 aliphatic heterocycles. The Morgan fingerprint density at radius 2 is 1.73 bits per heavy atom. The Kier molecular flexibility index (Phi) is 6.34. The number of nitrogens with zero attached hydrogens (tertiary/aromatic N) is 2. The van der Waals surface area contributed by atoms with Crippen molar-refractivity contribution in [1.29, 1.82) is 0 Å². The minimum atomic E-state index is 0.287. The monoisotopic (exact) mass is 198 g/mol. The molecule has 0 aromatic heterocycles. The maximum absolute atomic E-state index is 5.77. The molecule has 4 heteroatoms. The van der Waals surface area contributed by atoms with Crippen LogP contribution in [0.25, 0.3) is 0 Å². The average Bonchev–Trinajstić information content (AvgIpc) is 1.88. The number of halogens is 2. The molecule has 0 aromatic rings. The van der Waals surface area contributed by atoms with Crippen molar-refractivity contribution >= 4 is 23.2 Å². The van der Waals surface area contributed by atoms with Crippen LogP contribution in [0.4, 0.5) is 0 Å². The van der Waals surface area contributed by atoms with Crippen molar-refractivity contribution in [2.45, 2.75) is 6.17 Å². The summed E-state index contributed by atoms with van der Waals surface area (Å²) in [5, 5.41) is 0. The minimum absolute atomic E-state index is 0.287. The second-order valence-electron chi connectivity index (χ2n) is 2.77. The van der Waals surface area contributed by atoms with Gasteiger partial charge in [0.15, 0.2) is 0 Å². The van der Waals surface area contributed by atoms with E-state index in [4.69, 9.17) is 23.2 Å². The number of alkyl halides is 2. The SMILES string of the molecule is CN(C)C(CCl)N(C)CCCl. The van der Waals surface area contributed by atoms with Gasteiger partial charge in [-0.2, -0.15) is 0 Å². The van der Waals surface area contributed by atoms with Gasteiger partial charge in [0, 0.05) is 12.4 Å². The zero-order valence-electron chi connectivity index (χ0n) is 7.35. The van der Waals surface area contributed by atoms with Gasteiger partial charge in [-0.1, -0.05) is 0 Å². The van der Waals surface area contributed by atoms with Crippen molar-refractivity contribution in [2.75, 3.05) is 39.4 Å². The van der Waals surface area contributed by atoms with Crippen LogP contribution in [0.15, 0.2) is 0 Å². The van der Waals surface area contributed by atoms with Gasteiger partial charge in [0.1, 0.15) is 0 Å². The summed E-state index contributed by atoms with van der Waals surface area (Å²) in [5.74, 6) is 1.26. The summed E-state index contributed by atoms with van der Waals surface area (Å²) in [6, 6.07) is 0. The summed E-state index contributed by atoms with van der Waals surface area (Å²) >= 11 is 11.4. The Labute approximate surface area is 79.1 Å². The van der Waals surface area contributed by atoms with Crippen LogP contribution in [0.1, 0.15) is 0 Å². The molecule has 2 nitrogen and oxygen atoms in total. The van der Waals surface area contributed by atoms with Crippen molar-refractivity contribution in [3.05, 3.63) is 0 Å². The first-order chi connectivity index (χ1) is 5.13. The molecule has 0 aliphatic carbocycles. The van der Waals surface area contributed by atoms with Crippen LogP contribution in [-0.2, 0) is 0 Å². The molecule has 0 aromatic carbocycles. The lowest BCUT2D eigenvalue weighted by atomic mass is 10.4. The molecular formula is C7H16Cl2N2. The fraction of sp³-hybridized carbons (Fsp3) is 1.00. The highest BCUT2D eigenvalue weighted by atomic mass is 35.5. The summed E-state index contributed by atoms with van der Waals surface area (Å²) < 4.78 is 0. The first-order valence-corrected chi connectivity index (χ1v) is 4.69. The van der Waals surface area contributed by atoms with Gasteiger partial charge in [-0.3, -0.25) is 9.80 Å². The van der Waals surface area contributed by atoms with E-state index < -0.39 is 0 Å². The Morgan fingerprint density at radius 1 is 1.18 bits per heavy atom. The first kappa shape index (κ1) is 11.5. The van der Waals surface area contributed by atoms with E-state index >= 15 is 0 Å². The fourth-order valence-electron chi connectivity index (χ4n) is 0.932. The molecule has 0 bridgehead atoms. The number of hydrogen-bond acceptors (Lipinski definition) is 2. The van der Waals surface area contributed by atoms with E-state index in [0.29, 0.717) is 11.8 Å². The Hall–Kier alpha value is 0.500. The van der Waals surface area contributed by atoms with Gasteiger partial charge in [-0.25, -0.2) is 0 Å². The van der Waals surface area contributed by atoms with Gasteiger partial charge in [0.2, 0.25) is 0 Å². The molecule has 0 spiro atoms. The molecule has 0 amide bonds. The van der Waals surface area contributed by atoms with E-state index in [0.717, 1.165) is 6.54 Å². The Bertz CT molecular complexity index is 98.4. The van der Waals surface area contributed by atoms with Gasteiger partial charge < -0.3 is 0 Å². The first-order valence-electron chi connectivity index (χ1n) is 3.62. The molecule has 11 heavy (non-hydrogen) atoms. The van der Waals surface area contributed by atoms with Gasteiger partial charge in [-0.15, -0.1) is 23.2 Å². The summed E-state index contributed by atoms with van der Waals surface area (Å²) in [7, 11) is 6.05. The average molecular weight is 199 g/mol. The molecule has 1 unspecified atom stereocenters. The van der Waals surface area contributed by atoms with E-state index in [1.807, 2.05) is 21.1 Å². The van der Waals surface area contributed by atoms with E-state index in [1.165, 1.54) is 0 Å². The quantitative estimate of drug-likeness (QED) is 0.486. The van der Waals surface area contributed by atoms with E-state index in [1.54, 1.807) is 0 Å². The molecule has 0 N–H and O–H groups in total. The van der Waals surface area contributed by atoms with Gasteiger partial charge in [0.05, 0.1) is 12.0 Å². The van der Waals surface area contributed by atoms with E-state index in [-0.39, 0.29) is 6.17 Å². The predicted molar refractivity (Wildman–Crippen MR) is 51.5 cm³/mol. The third-order valence-electron chi connectivity index (χ3n) is 1.68. The second-order valence-corrected chi connectivity index (χ2v) is 3.45. The summed E-state index contributed by atoms with van der Waals surface area (Å²) in [4.78, 5) is 4.22. The second kappa shape index (κ2) is 6.06. The summed E-state index contributed by atoms with van der Waals surface area (Å²) in [5.41, 5.74) is 0. The van der Waals surface area contributed by atoms with E-state index in [2.05, 4.69) is 9.80 Å². The number of hydrogen-bond donors (Lipinski definition) is 0. The van der Waals surface area contributed by atoms with Gasteiger partial charge >= 0.3 is 0 Å². The maximum Gasteiger partial charge on any atom is 0.0754 e. The van der Waals surface area contributed by atoms with Crippen molar-refractivity contribution in [3.8, 4) is 0 Å². The summed E-state index contributed by atoms with van der Waals surface area (Å²) in [6.45, 7) is 0.872. The highest BCUT2D eigenvalue weighted by Crippen LogP contribution is 2.01. The normalized spacial score (nSPS) is 14.5. The van der Waals surface area contributed by atoms with Crippen LogP contribution in [-0.4, -0.2) is 55.4 Å². The van der Waals surface area contributed by atoms with Crippen LogP contribution < -0.4 is 0 Å². The lowest BCUT2D eigenvalue weighted by Crippen LogP contribution is -2.44. The van der Waals surface area contributed by atoms with Crippen LogP contribution in [0.5, 0.6) is 0 Å². The van der Waals surface area contributed by atoms with Crippen molar-refractivity contribution in [1.82, 2.24) is 9.80 Å². The third-order valence-corrected chi connectivity index (χ3v) is 2.13. The largest absolute Gasteiger partial charge is 0.293 e. The molecule has 68 valence electrons. The lowest BCUT2D eigenvalue weighted by molar-refractivity contribution is 0.130. The third kappa shape index (κ3) is 4.16. The summed E-state index contributed by atoms with van der Waals surface area (Å²) in [6.07, 6.45) is 0.287. The van der Waals surface area contributed by atoms with Crippen molar-refractivity contribution < 1.29 is 0 Å². The maximum atomic E-state index is 5.77. The van der Waals surface area contributed by atoms with Gasteiger partial charge in [0.25, 0.3) is 0 Å². The van der Waals surface area contributed by atoms with Crippen LogP contribution in [0, 0.1) is 0 Å². The van der Waals surface area contributed by atoms with Crippen LogP contribution in [0.2, 0.25) is 0 Å². The molecule has 0 heterocycles. The standard InChI is InChI=1S/C7H16Cl2N2/c1-10(2)7(6-9)11(3)5-4-8/h7H,4-6H2,1-3H3. The fourth-order valence-corrected chi connectivity index (χ4v) is 1.71. The zero-order chi connectivity index (χ0) is 8.85. The lowest BCUT2D eigenvalue weighted by Gasteiger charge is -2.30. The van der Waals surface area contributed by atoms with Gasteiger partial charge in [-0.05, 0) is 21.1 Å². The Morgan fingerprint density at radius 3 is 2.00 bits per heavy atom. The topological polar surface area (TPSA) is 6.48 Å². The van der Waals surface area contributed by atoms with Crippen LogP contribution >= 0.6 is 23.2 Å².